The lowest BCUT2D eigenvalue weighted by molar-refractivity contribution is -0.274. The van der Waals surface area contributed by atoms with E-state index in [1.807, 2.05) is 6.92 Å². The average molecular weight is 303 g/mol. The van der Waals surface area contributed by atoms with Gasteiger partial charge in [0.25, 0.3) is 0 Å². The van der Waals surface area contributed by atoms with E-state index in [0.717, 1.165) is 18.7 Å². The smallest absolute Gasteiger partial charge is 0.406 e. The van der Waals surface area contributed by atoms with E-state index in [-0.39, 0.29) is 17.8 Å². The molecule has 2 rings (SSSR count). The number of urea groups is 1. The number of anilines is 1. The lowest BCUT2D eigenvalue weighted by atomic mass is 10.2. The molecule has 0 saturated carbocycles. The number of nitrogens with zero attached hydrogens (tertiary/aromatic N) is 1. The first-order valence-electron chi connectivity index (χ1n) is 6.49. The molecule has 1 aliphatic heterocycles. The number of ether oxygens (including phenoxy) is 1. The molecule has 116 valence electrons. The van der Waals surface area contributed by atoms with Crippen LogP contribution in [0.5, 0.6) is 5.75 Å². The SMILES string of the molecule is C[C@@H]1CNCCN1C(=O)Nc1ccc(OC(F)(F)F)cc1. The molecule has 21 heavy (non-hydrogen) atoms. The third-order valence-corrected chi connectivity index (χ3v) is 3.10. The van der Waals surface area contributed by atoms with Crippen molar-refractivity contribution in [2.45, 2.75) is 19.3 Å². The molecule has 1 saturated heterocycles. The monoisotopic (exact) mass is 303 g/mol. The van der Waals surface area contributed by atoms with E-state index in [1.165, 1.54) is 12.1 Å². The summed E-state index contributed by atoms with van der Waals surface area (Å²) in [5.74, 6) is -0.323. The van der Waals surface area contributed by atoms with Crippen LogP contribution in [-0.2, 0) is 0 Å². The van der Waals surface area contributed by atoms with E-state index in [1.54, 1.807) is 4.90 Å². The number of alkyl halides is 3. The minimum absolute atomic E-state index is 0.0617. The highest BCUT2D eigenvalue weighted by Gasteiger charge is 2.31. The van der Waals surface area contributed by atoms with Gasteiger partial charge in [-0.15, -0.1) is 13.2 Å². The Morgan fingerprint density at radius 3 is 2.62 bits per heavy atom. The maximum atomic E-state index is 12.1. The Bertz CT molecular complexity index is 490. The number of rotatable bonds is 2. The Balaban J connectivity index is 1.95. The van der Waals surface area contributed by atoms with Crippen molar-refractivity contribution in [1.29, 1.82) is 0 Å². The summed E-state index contributed by atoms with van der Waals surface area (Å²) in [7, 11) is 0. The third-order valence-electron chi connectivity index (χ3n) is 3.10. The molecule has 1 aromatic carbocycles. The van der Waals surface area contributed by atoms with Crippen LogP contribution >= 0.6 is 0 Å². The molecular weight excluding hydrogens is 287 g/mol. The van der Waals surface area contributed by atoms with E-state index >= 15 is 0 Å². The zero-order valence-corrected chi connectivity index (χ0v) is 11.4. The van der Waals surface area contributed by atoms with Crippen molar-refractivity contribution in [1.82, 2.24) is 10.2 Å². The number of nitrogens with one attached hydrogen (secondary N) is 2. The first-order valence-corrected chi connectivity index (χ1v) is 6.49. The summed E-state index contributed by atoms with van der Waals surface area (Å²) >= 11 is 0. The van der Waals surface area contributed by atoms with E-state index in [4.69, 9.17) is 0 Å². The fourth-order valence-corrected chi connectivity index (χ4v) is 2.08. The number of amides is 2. The van der Waals surface area contributed by atoms with Crippen molar-refractivity contribution in [2.75, 3.05) is 25.0 Å². The first-order chi connectivity index (χ1) is 9.85. The fourth-order valence-electron chi connectivity index (χ4n) is 2.08. The summed E-state index contributed by atoms with van der Waals surface area (Å²) < 4.78 is 39.9. The van der Waals surface area contributed by atoms with Crippen LogP contribution in [0.4, 0.5) is 23.7 Å². The molecule has 0 radical (unpaired) electrons. The largest absolute Gasteiger partial charge is 0.573 e. The van der Waals surface area contributed by atoms with Gasteiger partial charge < -0.3 is 20.3 Å². The topological polar surface area (TPSA) is 53.6 Å². The number of hydrogen-bond acceptors (Lipinski definition) is 3. The van der Waals surface area contributed by atoms with E-state index in [9.17, 15) is 18.0 Å². The normalized spacial score (nSPS) is 19.2. The molecule has 1 heterocycles. The van der Waals surface area contributed by atoms with Gasteiger partial charge in [0.15, 0.2) is 0 Å². The average Bonchev–Trinajstić information content (AvgIpc) is 2.40. The van der Waals surface area contributed by atoms with Gasteiger partial charge in [-0.05, 0) is 31.2 Å². The zero-order valence-electron chi connectivity index (χ0n) is 11.4. The molecule has 0 spiro atoms. The van der Waals surface area contributed by atoms with E-state index in [2.05, 4.69) is 15.4 Å². The van der Waals surface area contributed by atoms with Gasteiger partial charge in [-0.2, -0.15) is 0 Å². The Kier molecular flexibility index (Phi) is 4.56. The van der Waals surface area contributed by atoms with Gasteiger partial charge in [-0.1, -0.05) is 0 Å². The van der Waals surface area contributed by atoms with Crippen LogP contribution in [0.2, 0.25) is 0 Å². The third kappa shape index (κ3) is 4.52. The highest BCUT2D eigenvalue weighted by Crippen LogP contribution is 2.24. The van der Waals surface area contributed by atoms with E-state index in [0.29, 0.717) is 18.8 Å². The Morgan fingerprint density at radius 2 is 2.05 bits per heavy atom. The van der Waals surface area contributed by atoms with Crippen LogP contribution in [0.1, 0.15) is 6.92 Å². The van der Waals surface area contributed by atoms with Crippen LogP contribution in [0.3, 0.4) is 0 Å². The van der Waals surface area contributed by atoms with Crippen LogP contribution in [0.15, 0.2) is 24.3 Å². The van der Waals surface area contributed by atoms with Crippen molar-refractivity contribution in [2.24, 2.45) is 0 Å². The van der Waals surface area contributed by atoms with Gasteiger partial charge in [-0.3, -0.25) is 0 Å². The van der Waals surface area contributed by atoms with Crippen molar-refractivity contribution in [3.63, 3.8) is 0 Å². The van der Waals surface area contributed by atoms with E-state index < -0.39 is 6.36 Å². The molecule has 0 bridgehead atoms. The number of carbonyl (C=O) groups is 1. The molecule has 0 unspecified atom stereocenters. The lowest BCUT2D eigenvalue weighted by Crippen LogP contribution is -2.53. The Morgan fingerprint density at radius 1 is 1.38 bits per heavy atom. The summed E-state index contributed by atoms with van der Waals surface area (Å²) in [5, 5.41) is 5.82. The number of carbonyl (C=O) groups excluding carboxylic acids is 1. The summed E-state index contributed by atoms with van der Waals surface area (Å²) in [6.45, 7) is 3.94. The quantitative estimate of drug-likeness (QED) is 0.882. The van der Waals surface area contributed by atoms with Crippen LogP contribution in [0.25, 0.3) is 0 Å². The number of benzene rings is 1. The highest BCUT2D eigenvalue weighted by atomic mass is 19.4. The summed E-state index contributed by atoms with van der Waals surface area (Å²) in [5.41, 5.74) is 0.417. The van der Waals surface area contributed by atoms with Crippen molar-refractivity contribution in [3.8, 4) is 5.75 Å². The molecule has 2 N–H and O–H groups in total. The van der Waals surface area contributed by atoms with Gasteiger partial charge in [0.1, 0.15) is 5.75 Å². The second-order valence-corrected chi connectivity index (χ2v) is 4.75. The molecule has 0 aliphatic carbocycles. The summed E-state index contributed by atoms with van der Waals surface area (Å²) in [4.78, 5) is 13.7. The van der Waals surface area contributed by atoms with Gasteiger partial charge in [0, 0.05) is 31.4 Å². The highest BCUT2D eigenvalue weighted by molar-refractivity contribution is 5.89. The minimum atomic E-state index is -4.72. The van der Waals surface area contributed by atoms with Crippen LogP contribution < -0.4 is 15.4 Å². The predicted molar refractivity (Wildman–Crippen MR) is 71.2 cm³/mol. The molecular formula is C13H16F3N3O2. The molecule has 8 heteroatoms. The summed E-state index contributed by atoms with van der Waals surface area (Å²) in [6, 6.07) is 4.84. The Hall–Kier alpha value is -1.96. The maximum absolute atomic E-state index is 12.1. The molecule has 1 atom stereocenters. The predicted octanol–water partition coefficient (Wildman–Crippen LogP) is 2.41. The summed E-state index contributed by atoms with van der Waals surface area (Å²) in [6.07, 6.45) is -4.72. The molecule has 1 aromatic rings. The molecule has 5 nitrogen and oxygen atoms in total. The van der Waals surface area contributed by atoms with Crippen molar-refractivity contribution in [3.05, 3.63) is 24.3 Å². The molecule has 0 aromatic heterocycles. The molecule has 1 fully saturated rings. The van der Waals surface area contributed by atoms with Gasteiger partial charge in [-0.25, -0.2) is 4.79 Å². The fraction of sp³-hybridized carbons (Fsp3) is 0.462. The first kappa shape index (κ1) is 15.4. The minimum Gasteiger partial charge on any atom is -0.406 e. The van der Waals surface area contributed by atoms with Gasteiger partial charge >= 0.3 is 12.4 Å². The number of halogens is 3. The zero-order chi connectivity index (χ0) is 15.5. The maximum Gasteiger partial charge on any atom is 0.573 e. The van der Waals surface area contributed by atoms with Crippen molar-refractivity contribution < 1.29 is 22.7 Å². The van der Waals surface area contributed by atoms with Crippen LogP contribution in [0, 0.1) is 0 Å². The standard InChI is InChI=1S/C13H16F3N3O2/c1-9-8-17-6-7-19(9)12(20)18-10-2-4-11(5-3-10)21-13(14,15)16/h2-5,9,17H,6-8H2,1H3,(H,18,20)/t9-/m1/s1. The van der Waals surface area contributed by atoms with Gasteiger partial charge in [0.2, 0.25) is 0 Å². The van der Waals surface area contributed by atoms with Crippen molar-refractivity contribution >= 4 is 11.7 Å². The lowest BCUT2D eigenvalue weighted by Gasteiger charge is -2.33. The van der Waals surface area contributed by atoms with Gasteiger partial charge in [0.05, 0.1) is 0 Å². The van der Waals surface area contributed by atoms with Crippen LogP contribution in [-0.4, -0.2) is 43.0 Å². The Labute approximate surface area is 120 Å². The molecule has 2 amide bonds. The number of hydrogen-bond donors (Lipinski definition) is 2. The second-order valence-electron chi connectivity index (χ2n) is 4.75. The molecule has 1 aliphatic rings. The second kappa shape index (κ2) is 6.21. The number of piperazine rings is 1.